The number of hydrogen-bond acceptors (Lipinski definition) is 5. The Bertz CT molecular complexity index is 1290. The van der Waals surface area contributed by atoms with Gasteiger partial charge in [-0.25, -0.2) is 0 Å². The lowest BCUT2D eigenvalue weighted by Crippen LogP contribution is -2.06. The fourth-order valence-electron chi connectivity index (χ4n) is 2.92. The predicted molar refractivity (Wildman–Crippen MR) is 118 cm³/mol. The molecule has 0 aliphatic rings. The van der Waals surface area contributed by atoms with Crippen LogP contribution in [0.5, 0.6) is 0 Å². The molecular formula is C21H13BrN4OS. The number of nitriles is 1. The van der Waals surface area contributed by atoms with Crippen LogP contribution < -0.4 is 10.6 Å². The Morgan fingerprint density at radius 3 is 2.82 bits per heavy atom. The van der Waals surface area contributed by atoms with Crippen LogP contribution in [0.1, 0.15) is 5.56 Å². The number of amides is 1. The van der Waals surface area contributed by atoms with Crippen molar-refractivity contribution in [3.05, 3.63) is 71.4 Å². The molecule has 0 bridgehead atoms. The molecule has 28 heavy (non-hydrogen) atoms. The van der Waals surface area contributed by atoms with Gasteiger partial charge in [0.1, 0.15) is 6.07 Å². The number of hydrogen-bond donors (Lipinski definition) is 2. The summed E-state index contributed by atoms with van der Waals surface area (Å²) < 4.78 is 2.69. The molecule has 4 aromatic rings. The van der Waals surface area contributed by atoms with Gasteiger partial charge >= 0.3 is 0 Å². The molecule has 1 amide bonds. The fourth-order valence-corrected chi connectivity index (χ4v) is 4.55. The molecule has 2 heterocycles. The van der Waals surface area contributed by atoms with Crippen molar-refractivity contribution in [1.29, 1.82) is 5.26 Å². The zero-order valence-corrected chi connectivity index (χ0v) is 16.9. The van der Waals surface area contributed by atoms with E-state index in [4.69, 9.17) is 0 Å². The molecule has 136 valence electrons. The van der Waals surface area contributed by atoms with Gasteiger partial charge in [-0.15, -0.1) is 11.3 Å². The van der Waals surface area contributed by atoms with E-state index in [1.54, 1.807) is 6.20 Å². The topological polar surface area (TPSA) is 77.8 Å². The molecule has 2 N–H and O–H groups in total. The van der Waals surface area contributed by atoms with Crippen LogP contribution in [0.3, 0.4) is 0 Å². The maximum Gasteiger partial charge on any atom is 0.247 e. The van der Waals surface area contributed by atoms with Crippen LogP contribution in [-0.4, -0.2) is 10.9 Å². The number of anilines is 3. The van der Waals surface area contributed by atoms with E-state index >= 15 is 0 Å². The molecule has 2 aromatic carbocycles. The highest BCUT2D eigenvalue weighted by atomic mass is 79.9. The van der Waals surface area contributed by atoms with Gasteiger partial charge in [0.25, 0.3) is 0 Å². The van der Waals surface area contributed by atoms with Crippen molar-refractivity contribution >= 4 is 70.5 Å². The number of carbonyl (C=O) groups is 1. The standard InChI is InChI=1S/C21H13BrN4OS/c1-2-17(27)26-16-8-4-7-15-19-21(28-20(15)16)18(12(10-23)11-24-19)25-14-6-3-5-13(22)9-14/h2-9,11H,1H2,(H,24,25)(H,26,27). The lowest BCUT2D eigenvalue weighted by Gasteiger charge is -2.09. The summed E-state index contributed by atoms with van der Waals surface area (Å²) in [6.45, 7) is 3.50. The second kappa shape index (κ2) is 7.43. The average Bonchev–Trinajstić information content (AvgIpc) is 3.08. The molecule has 0 aliphatic heterocycles. The van der Waals surface area contributed by atoms with Crippen molar-refractivity contribution in [2.75, 3.05) is 10.6 Å². The van der Waals surface area contributed by atoms with Gasteiger partial charge in [0, 0.05) is 21.7 Å². The van der Waals surface area contributed by atoms with E-state index in [-0.39, 0.29) is 5.91 Å². The first-order valence-electron chi connectivity index (χ1n) is 8.31. The third-order valence-corrected chi connectivity index (χ3v) is 5.90. The van der Waals surface area contributed by atoms with Gasteiger partial charge < -0.3 is 10.6 Å². The van der Waals surface area contributed by atoms with Crippen LogP contribution in [-0.2, 0) is 4.79 Å². The Balaban J connectivity index is 1.94. The van der Waals surface area contributed by atoms with Crippen LogP contribution in [0.25, 0.3) is 20.3 Å². The molecule has 0 radical (unpaired) electrons. The highest BCUT2D eigenvalue weighted by molar-refractivity contribution is 9.10. The molecule has 2 aromatic heterocycles. The molecule has 5 nitrogen and oxygen atoms in total. The van der Waals surface area contributed by atoms with Gasteiger partial charge in [-0.1, -0.05) is 40.7 Å². The van der Waals surface area contributed by atoms with E-state index < -0.39 is 0 Å². The smallest absolute Gasteiger partial charge is 0.247 e. The van der Waals surface area contributed by atoms with Crippen LogP contribution >= 0.6 is 27.3 Å². The summed E-state index contributed by atoms with van der Waals surface area (Å²) in [5.41, 5.74) is 3.49. The van der Waals surface area contributed by atoms with Crippen molar-refractivity contribution < 1.29 is 4.79 Å². The first-order valence-corrected chi connectivity index (χ1v) is 9.92. The molecule has 0 unspecified atom stereocenters. The molecule has 0 aliphatic carbocycles. The second-order valence-electron chi connectivity index (χ2n) is 5.95. The van der Waals surface area contributed by atoms with Crippen molar-refractivity contribution in [2.24, 2.45) is 0 Å². The van der Waals surface area contributed by atoms with Crippen molar-refractivity contribution in [3.8, 4) is 6.07 Å². The molecule has 0 fully saturated rings. The maximum atomic E-state index is 11.8. The summed E-state index contributed by atoms with van der Waals surface area (Å²) in [5.74, 6) is -0.275. The summed E-state index contributed by atoms with van der Waals surface area (Å²) in [6.07, 6.45) is 2.81. The SMILES string of the molecule is C=CC(=O)Nc1cccc2c1sc1c(Nc3cccc(Br)c3)c(C#N)cnc12. The van der Waals surface area contributed by atoms with Crippen molar-refractivity contribution in [3.63, 3.8) is 0 Å². The van der Waals surface area contributed by atoms with E-state index in [1.165, 1.54) is 17.4 Å². The van der Waals surface area contributed by atoms with Crippen LogP contribution in [0.15, 0.2) is 65.8 Å². The predicted octanol–water partition coefficient (Wildman–Crippen LogP) is 5.95. The second-order valence-corrected chi connectivity index (χ2v) is 7.89. The van der Waals surface area contributed by atoms with Gasteiger partial charge in [0.15, 0.2) is 0 Å². The number of fused-ring (bicyclic) bond motifs is 3. The zero-order valence-electron chi connectivity index (χ0n) is 14.5. The summed E-state index contributed by atoms with van der Waals surface area (Å²) in [6, 6.07) is 15.6. The largest absolute Gasteiger partial charge is 0.353 e. The van der Waals surface area contributed by atoms with E-state index in [0.29, 0.717) is 16.9 Å². The van der Waals surface area contributed by atoms with Crippen molar-refractivity contribution in [2.45, 2.75) is 0 Å². The number of benzene rings is 2. The van der Waals surface area contributed by atoms with Crippen LogP contribution in [0.4, 0.5) is 17.1 Å². The molecule has 0 saturated carbocycles. The Kier molecular flexibility index (Phi) is 4.82. The number of rotatable bonds is 4. The summed E-state index contributed by atoms with van der Waals surface area (Å²) in [7, 11) is 0. The summed E-state index contributed by atoms with van der Waals surface area (Å²) in [5, 5.41) is 16.7. The van der Waals surface area contributed by atoms with E-state index in [9.17, 15) is 10.1 Å². The fraction of sp³-hybridized carbons (Fsp3) is 0. The highest BCUT2D eigenvalue weighted by Gasteiger charge is 2.17. The monoisotopic (exact) mass is 448 g/mol. The van der Waals surface area contributed by atoms with Gasteiger partial charge in [0.2, 0.25) is 5.91 Å². The minimum atomic E-state index is -0.275. The zero-order chi connectivity index (χ0) is 19.7. The van der Waals surface area contributed by atoms with Gasteiger partial charge in [-0.05, 0) is 30.3 Å². The maximum absolute atomic E-state index is 11.8. The average molecular weight is 449 g/mol. The van der Waals surface area contributed by atoms with E-state index in [0.717, 1.165) is 30.5 Å². The third-order valence-electron chi connectivity index (χ3n) is 4.17. The number of nitrogens with zero attached hydrogens (tertiary/aromatic N) is 2. The Morgan fingerprint density at radius 2 is 2.07 bits per heavy atom. The first kappa shape index (κ1) is 18.2. The Morgan fingerprint density at radius 1 is 1.25 bits per heavy atom. The highest BCUT2D eigenvalue weighted by Crippen LogP contribution is 2.42. The minimum absolute atomic E-state index is 0.275. The van der Waals surface area contributed by atoms with Gasteiger partial charge in [-0.2, -0.15) is 5.26 Å². The Labute approximate surface area is 173 Å². The number of aromatic nitrogens is 1. The number of thiophene rings is 1. The first-order chi connectivity index (χ1) is 13.6. The van der Waals surface area contributed by atoms with E-state index in [1.807, 2.05) is 42.5 Å². The molecule has 7 heteroatoms. The molecule has 0 atom stereocenters. The van der Waals surface area contributed by atoms with Crippen LogP contribution in [0.2, 0.25) is 0 Å². The third kappa shape index (κ3) is 3.24. The molecular weight excluding hydrogens is 436 g/mol. The number of halogens is 1. The lowest BCUT2D eigenvalue weighted by molar-refractivity contribution is -0.111. The van der Waals surface area contributed by atoms with E-state index in [2.05, 4.69) is 44.2 Å². The molecule has 4 rings (SSSR count). The number of nitrogens with one attached hydrogen (secondary N) is 2. The summed E-state index contributed by atoms with van der Waals surface area (Å²) in [4.78, 5) is 16.3. The lowest BCUT2D eigenvalue weighted by atomic mass is 10.1. The normalized spacial score (nSPS) is 10.6. The quantitative estimate of drug-likeness (QED) is 0.378. The van der Waals surface area contributed by atoms with Crippen molar-refractivity contribution in [1.82, 2.24) is 4.98 Å². The van der Waals surface area contributed by atoms with Crippen LogP contribution in [0, 0.1) is 11.3 Å². The van der Waals surface area contributed by atoms with Gasteiger partial charge in [0.05, 0.1) is 31.9 Å². The minimum Gasteiger partial charge on any atom is -0.353 e. The molecule has 0 spiro atoms. The Hall–Kier alpha value is -3.21. The van der Waals surface area contributed by atoms with Gasteiger partial charge in [-0.3, -0.25) is 9.78 Å². The summed E-state index contributed by atoms with van der Waals surface area (Å²) >= 11 is 4.95. The number of pyridine rings is 1. The molecule has 0 saturated heterocycles. The number of carbonyl (C=O) groups excluding carboxylic acids is 1.